The Morgan fingerprint density at radius 2 is 1.70 bits per heavy atom. The van der Waals surface area contributed by atoms with Crippen molar-refractivity contribution >= 4 is 33.3 Å². The zero-order chi connectivity index (χ0) is 22.1. The molecule has 3 aromatic rings. The van der Waals surface area contributed by atoms with Gasteiger partial charge in [0.25, 0.3) is 5.91 Å². The van der Waals surface area contributed by atoms with Crippen LogP contribution in [-0.2, 0) is 0 Å². The van der Waals surface area contributed by atoms with Gasteiger partial charge in [0.15, 0.2) is 0 Å². The molecule has 1 amide bonds. The van der Waals surface area contributed by atoms with Crippen LogP contribution in [0, 0.1) is 6.92 Å². The number of nitrogens with one attached hydrogen (secondary N) is 2. The number of hydrogen-bond acceptors (Lipinski definition) is 5. The first kappa shape index (κ1) is 22.1. The summed E-state index contributed by atoms with van der Waals surface area (Å²) in [4.78, 5) is 17.3. The number of pyridine rings is 1. The third-order valence-corrected chi connectivity index (χ3v) is 5.62. The molecule has 0 unspecified atom stereocenters. The van der Waals surface area contributed by atoms with Crippen molar-refractivity contribution in [3.05, 3.63) is 70.9 Å². The van der Waals surface area contributed by atoms with Crippen LogP contribution >= 0.6 is 10.8 Å². The summed E-state index contributed by atoms with van der Waals surface area (Å²) in [6.07, 6.45) is 1.34. The number of hydrogen-bond donors (Lipinski definition) is 4. The van der Waals surface area contributed by atoms with Gasteiger partial charge in [0.2, 0.25) is 0 Å². The Kier molecular flexibility index (Phi) is 6.36. The molecule has 3 rings (SSSR count). The first-order valence-electron chi connectivity index (χ1n) is 9.86. The average molecular weight is 428 g/mol. The maximum atomic E-state index is 12.7. The number of carbonyl (C=O) groups excluding carboxylic acids is 1. The van der Waals surface area contributed by atoms with E-state index in [2.05, 4.69) is 34.9 Å². The highest BCUT2D eigenvalue weighted by Crippen LogP contribution is 2.36. The lowest BCUT2D eigenvalue weighted by Gasteiger charge is -2.29. The molecule has 0 radical (unpaired) electrons. The van der Waals surface area contributed by atoms with Crippen LogP contribution in [0.15, 0.2) is 48.5 Å². The van der Waals surface area contributed by atoms with E-state index in [0.717, 1.165) is 22.0 Å². The number of benzene rings is 2. The number of rotatable bonds is 6. The van der Waals surface area contributed by atoms with Crippen molar-refractivity contribution < 1.29 is 13.9 Å². The summed E-state index contributed by atoms with van der Waals surface area (Å²) >= 11 is 0. The largest absolute Gasteiger partial charge is 0.344 e. The summed E-state index contributed by atoms with van der Waals surface area (Å²) in [6.45, 7) is 8.08. The smallest absolute Gasteiger partial charge is 0.270 e. The van der Waals surface area contributed by atoms with Crippen molar-refractivity contribution in [1.82, 2.24) is 10.3 Å². The normalized spacial score (nSPS) is 13.3. The molecule has 0 saturated carbocycles. The van der Waals surface area contributed by atoms with Crippen LogP contribution in [0.4, 0.5) is 5.69 Å². The topological polar surface area (TPSA) is 94.5 Å². The van der Waals surface area contributed by atoms with Crippen LogP contribution in [0.5, 0.6) is 0 Å². The molecule has 0 spiro atoms. The molecule has 2 aromatic carbocycles. The van der Waals surface area contributed by atoms with Crippen molar-refractivity contribution in [2.75, 3.05) is 11.0 Å². The number of aromatic nitrogens is 1. The number of aryl methyl sites for hydroxylation is 1. The average Bonchev–Trinajstić information content (AvgIpc) is 2.67. The predicted molar refractivity (Wildman–Crippen MR) is 125 cm³/mol. The van der Waals surface area contributed by atoms with E-state index >= 15 is 0 Å². The molecule has 0 fully saturated rings. The minimum atomic E-state index is -2.84. The Bertz CT molecular complexity index is 1080. The molecule has 30 heavy (non-hydrogen) atoms. The SMILES string of the molecule is Cc1cc([C@@H](C)NC(=O)c2ccc3cc(C(C)C)ccc3n2)ccc1NS(C)(O)O. The van der Waals surface area contributed by atoms with Crippen LogP contribution in [-0.4, -0.2) is 26.3 Å². The van der Waals surface area contributed by atoms with E-state index in [1.807, 2.05) is 44.2 Å². The Balaban J connectivity index is 1.75. The molecule has 0 saturated heterocycles. The molecular weight excluding hydrogens is 398 g/mol. The van der Waals surface area contributed by atoms with Gasteiger partial charge < -0.3 is 5.32 Å². The van der Waals surface area contributed by atoms with E-state index in [1.54, 1.807) is 12.1 Å². The van der Waals surface area contributed by atoms with Crippen molar-refractivity contribution in [3.8, 4) is 0 Å². The summed E-state index contributed by atoms with van der Waals surface area (Å²) in [6, 6.07) is 15.1. The summed E-state index contributed by atoms with van der Waals surface area (Å²) in [5.74, 6) is 0.202. The highest BCUT2D eigenvalue weighted by atomic mass is 32.3. The van der Waals surface area contributed by atoms with E-state index in [4.69, 9.17) is 0 Å². The second kappa shape index (κ2) is 8.63. The van der Waals surface area contributed by atoms with E-state index in [0.29, 0.717) is 17.3 Å². The van der Waals surface area contributed by atoms with Crippen molar-refractivity contribution in [1.29, 1.82) is 0 Å². The van der Waals surface area contributed by atoms with E-state index in [-0.39, 0.29) is 11.9 Å². The first-order chi connectivity index (χ1) is 14.0. The number of anilines is 1. The Morgan fingerprint density at radius 3 is 2.33 bits per heavy atom. The monoisotopic (exact) mass is 427 g/mol. The van der Waals surface area contributed by atoms with Gasteiger partial charge in [0.1, 0.15) is 5.69 Å². The third-order valence-electron chi connectivity index (χ3n) is 5.01. The van der Waals surface area contributed by atoms with E-state index in [9.17, 15) is 13.9 Å². The zero-order valence-corrected chi connectivity index (χ0v) is 18.7. The highest BCUT2D eigenvalue weighted by Gasteiger charge is 2.15. The fourth-order valence-electron chi connectivity index (χ4n) is 3.26. The molecule has 0 bridgehead atoms. The predicted octanol–water partition coefficient (Wildman–Crippen LogP) is 5.86. The maximum absolute atomic E-state index is 12.7. The van der Waals surface area contributed by atoms with Crippen LogP contribution in [0.25, 0.3) is 10.9 Å². The van der Waals surface area contributed by atoms with Gasteiger partial charge >= 0.3 is 0 Å². The lowest BCUT2D eigenvalue weighted by molar-refractivity contribution is 0.0935. The van der Waals surface area contributed by atoms with Crippen LogP contribution in [0.2, 0.25) is 0 Å². The molecule has 7 heteroatoms. The van der Waals surface area contributed by atoms with Gasteiger partial charge in [-0.3, -0.25) is 18.6 Å². The van der Waals surface area contributed by atoms with Crippen LogP contribution in [0.3, 0.4) is 0 Å². The maximum Gasteiger partial charge on any atom is 0.270 e. The van der Waals surface area contributed by atoms with Gasteiger partial charge in [-0.2, -0.15) is 0 Å². The second-order valence-corrected chi connectivity index (χ2v) is 9.88. The van der Waals surface area contributed by atoms with Gasteiger partial charge in [0, 0.05) is 11.6 Å². The molecule has 1 atom stereocenters. The first-order valence-corrected chi connectivity index (χ1v) is 11.8. The molecule has 1 heterocycles. The Labute approximate surface area is 179 Å². The van der Waals surface area contributed by atoms with Crippen molar-refractivity contribution in [3.63, 3.8) is 0 Å². The molecule has 4 N–H and O–H groups in total. The fourth-order valence-corrected chi connectivity index (χ4v) is 3.91. The number of amides is 1. The third kappa shape index (κ3) is 5.30. The minimum Gasteiger partial charge on any atom is -0.344 e. The quantitative estimate of drug-likeness (QED) is 0.395. The van der Waals surface area contributed by atoms with Gasteiger partial charge in [-0.05, 0) is 60.7 Å². The second-order valence-electron chi connectivity index (χ2n) is 8.01. The van der Waals surface area contributed by atoms with Crippen molar-refractivity contribution in [2.45, 2.75) is 39.7 Å². The van der Waals surface area contributed by atoms with Gasteiger partial charge in [0.05, 0.1) is 17.2 Å². The number of fused-ring (bicyclic) bond motifs is 1. The summed E-state index contributed by atoms with van der Waals surface area (Å²) in [5, 5.41) is 4.01. The highest BCUT2D eigenvalue weighted by molar-refractivity contribution is 8.24. The molecule has 0 aliphatic heterocycles. The molecular formula is C23H29N3O3S. The summed E-state index contributed by atoms with van der Waals surface area (Å²) in [5.41, 5.74) is 4.84. The van der Waals surface area contributed by atoms with Gasteiger partial charge in [-0.15, -0.1) is 10.8 Å². The van der Waals surface area contributed by atoms with E-state index < -0.39 is 10.8 Å². The Hall–Kier alpha value is -2.61. The minimum absolute atomic E-state index is 0.229. The zero-order valence-electron chi connectivity index (χ0n) is 17.9. The van der Waals surface area contributed by atoms with E-state index in [1.165, 1.54) is 11.8 Å². The lowest BCUT2D eigenvalue weighted by atomic mass is 10.0. The summed E-state index contributed by atoms with van der Waals surface area (Å²) in [7, 11) is -2.84. The summed E-state index contributed by atoms with van der Waals surface area (Å²) < 4.78 is 21.9. The fraction of sp³-hybridized carbons (Fsp3) is 0.304. The lowest BCUT2D eigenvalue weighted by Crippen LogP contribution is -2.27. The van der Waals surface area contributed by atoms with Gasteiger partial charge in [-0.25, -0.2) is 4.98 Å². The molecule has 0 aliphatic rings. The Morgan fingerprint density at radius 1 is 1.00 bits per heavy atom. The van der Waals surface area contributed by atoms with Gasteiger partial charge in [-0.1, -0.05) is 38.1 Å². The van der Waals surface area contributed by atoms with Crippen molar-refractivity contribution in [2.24, 2.45) is 0 Å². The molecule has 6 nitrogen and oxygen atoms in total. The number of nitrogens with zero attached hydrogens (tertiary/aromatic N) is 1. The standard InChI is InChI=1S/C23H29N3O3S/c1-14(2)17-6-10-21-19(13-17)8-11-22(25-21)23(27)24-16(4)18-7-9-20(15(3)12-18)26-30(5,28)29/h6-14,16,26,28-29H,1-5H3,(H,24,27)/t16-/m1/s1. The molecule has 1 aromatic heterocycles. The number of carbonyl (C=O) groups is 1. The molecule has 160 valence electrons. The van der Waals surface area contributed by atoms with Crippen LogP contribution < -0.4 is 10.0 Å². The van der Waals surface area contributed by atoms with Crippen LogP contribution in [0.1, 0.15) is 59.9 Å². The molecule has 0 aliphatic carbocycles.